The lowest BCUT2D eigenvalue weighted by Crippen LogP contribution is -1.84. The summed E-state index contributed by atoms with van der Waals surface area (Å²) in [6.07, 6.45) is 7.10. The molecule has 0 saturated carbocycles. The Bertz CT molecular complexity index is 1520. The summed E-state index contributed by atoms with van der Waals surface area (Å²) in [6, 6.07) is 22.8. The lowest BCUT2D eigenvalue weighted by Gasteiger charge is -1.97. The van der Waals surface area contributed by atoms with E-state index in [4.69, 9.17) is 27.1 Å². The predicted octanol–water partition coefficient (Wildman–Crippen LogP) is 6.73. The van der Waals surface area contributed by atoms with Gasteiger partial charge in [-0.05, 0) is 44.0 Å². The van der Waals surface area contributed by atoms with Crippen molar-refractivity contribution in [3.8, 4) is 46.7 Å². The van der Waals surface area contributed by atoms with Crippen LogP contribution in [0.4, 0.5) is 0 Å². The van der Waals surface area contributed by atoms with Crippen LogP contribution in [0.5, 0.6) is 0 Å². The fourth-order valence-corrected chi connectivity index (χ4v) is 3.35. The van der Waals surface area contributed by atoms with Crippen LogP contribution < -0.4 is 0 Å². The average Bonchev–Trinajstić information content (AvgIpc) is 3.46. The van der Waals surface area contributed by atoms with Gasteiger partial charge < -0.3 is 9.05 Å². The van der Waals surface area contributed by atoms with Gasteiger partial charge in [0.25, 0.3) is 0 Å². The number of aryl methyl sites for hydroxylation is 2. The van der Waals surface area contributed by atoms with Crippen LogP contribution in [0.3, 0.4) is 0 Å². The van der Waals surface area contributed by atoms with Crippen molar-refractivity contribution in [2.75, 3.05) is 0 Å². The van der Waals surface area contributed by atoms with E-state index in [1.54, 1.807) is 6.20 Å². The summed E-state index contributed by atoms with van der Waals surface area (Å²) < 4.78 is 10.3. The Morgan fingerprint density at radius 3 is 1.94 bits per heavy atom. The summed E-state index contributed by atoms with van der Waals surface area (Å²) in [5.74, 6) is 10.1. The maximum absolute atomic E-state index is 5.91. The van der Waals surface area contributed by atoms with Gasteiger partial charge in [-0.25, -0.2) is 4.98 Å². The van der Waals surface area contributed by atoms with Gasteiger partial charge in [0.15, 0.2) is 0 Å². The quantitative estimate of drug-likeness (QED) is 0.264. The van der Waals surface area contributed by atoms with E-state index < -0.39 is 0 Å². The zero-order valence-corrected chi connectivity index (χ0v) is 19.9. The molecule has 3 aromatic heterocycles. The molecule has 0 fully saturated rings. The molecule has 3 heterocycles. The molecule has 0 aliphatic carbocycles. The molecule has 0 amide bonds. The number of terminal acetylenes is 1. The number of benzene rings is 2. The summed E-state index contributed by atoms with van der Waals surface area (Å²) in [6.45, 7) is 3.66. The number of hydrogen-bond donors (Lipinski definition) is 0. The fourth-order valence-electron chi connectivity index (χ4n) is 3.22. The highest BCUT2D eigenvalue weighted by atomic mass is 35.5. The highest BCUT2D eigenvalue weighted by molar-refractivity contribution is 6.30. The SMILES string of the molecule is C#Cc1c(-c2ccccc2)noc1C.Cc1onc(-c2ccc(Cl)cc2)c1C#Cc1ccccn1. The number of hydrogen-bond acceptors (Lipinski definition) is 5. The van der Waals surface area contributed by atoms with Crippen molar-refractivity contribution in [1.82, 2.24) is 15.3 Å². The predicted molar refractivity (Wildman–Crippen MR) is 137 cm³/mol. The van der Waals surface area contributed by atoms with Crippen LogP contribution in [0.2, 0.25) is 5.02 Å². The van der Waals surface area contributed by atoms with Gasteiger partial charge in [0.05, 0.1) is 11.1 Å². The van der Waals surface area contributed by atoms with E-state index in [9.17, 15) is 0 Å². The Labute approximate surface area is 208 Å². The van der Waals surface area contributed by atoms with E-state index in [2.05, 4.69) is 33.1 Å². The van der Waals surface area contributed by atoms with Gasteiger partial charge in [0.2, 0.25) is 0 Å². The third kappa shape index (κ3) is 5.68. The smallest absolute Gasteiger partial charge is 0.149 e. The number of nitrogens with zero attached hydrogens (tertiary/aromatic N) is 3. The summed E-state index contributed by atoms with van der Waals surface area (Å²) in [7, 11) is 0. The molecule has 2 aromatic carbocycles. The lowest BCUT2D eigenvalue weighted by molar-refractivity contribution is 0.399. The molecule has 0 spiro atoms. The molecule has 0 N–H and O–H groups in total. The van der Waals surface area contributed by atoms with Gasteiger partial charge in [-0.1, -0.05) is 82.3 Å². The maximum atomic E-state index is 5.91. The van der Waals surface area contributed by atoms with Crippen LogP contribution in [-0.2, 0) is 0 Å². The first kappa shape index (κ1) is 23.6. The summed E-state index contributed by atoms with van der Waals surface area (Å²) in [5.41, 5.74) is 5.57. The molecular weight excluding hydrogens is 458 g/mol. The van der Waals surface area contributed by atoms with Crippen LogP contribution in [0, 0.1) is 38.0 Å². The molecule has 0 aliphatic heterocycles. The van der Waals surface area contributed by atoms with E-state index in [1.165, 1.54) is 0 Å². The number of aromatic nitrogens is 3. The third-order valence-corrected chi connectivity index (χ3v) is 5.27. The normalized spacial score (nSPS) is 9.89. The molecule has 6 heteroatoms. The van der Waals surface area contributed by atoms with Crippen molar-refractivity contribution in [2.45, 2.75) is 13.8 Å². The minimum atomic E-state index is 0.681. The van der Waals surface area contributed by atoms with Crippen molar-refractivity contribution in [1.29, 1.82) is 0 Å². The Kier molecular flexibility index (Phi) is 7.43. The maximum Gasteiger partial charge on any atom is 0.149 e. The lowest BCUT2D eigenvalue weighted by atomic mass is 10.1. The first-order valence-electron chi connectivity index (χ1n) is 10.7. The van der Waals surface area contributed by atoms with Crippen LogP contribution in [0.1, 0.15) is 28.3 Å². The van der Waals surface area contributed by atoms with Crippen LogP contribution in [-0.4, -0.2) is 15.3 Å². The minimum Gasteiger partial charge on any atom is -0.360 e. The van der Waals surface area contributed by atoms with Gasteiger partial charge in [0.1, 0.15) is 28.6 Å². The molecule has 0 saturated heterocycles. The Hall–Kier alpha value is -4.58. The van der Waals surface area contributed by atoms with Crippen molar-refractivity contribution < 1.29 is 9.05 Å². The Balaban J connectivity index is 0.000000179. The summed E-state index contributed by atoms with van der Waals surface area (Å²) >= 11 is 5.91. The van der Waals surface area contributed by atoms with Gasteiger partial charge in [-0.2, -0.15) is 0 Å². The van der Waals surface area contributed by atoms with Gasteiger partial charge >= 0.3 is 0 Å². The molecular formula is C29H20ClN3O2. The van der Waals surface area contributed by atoms with Crippen molar-refractivity contribution in [3.63, 3.8) is 0 Å². The van der Waals surface area contributed by atoms with E-state index in [1.807, 2.05) is 86.6 Å². The molecule has 0 radical (unpaired) electrons. The van der Waals surface area contributed by atoms with Crippen LogP contribution in [0.15, 0.2) is 88.0 Å². The zero-order valence-electron chi connectivity index (χ0n) is 19.1. The Morgan fingerprint density at radius 2 is 1.31 bits per heavy atom. The molecule has 170 valence electrons. The molecule has 0 bridgehead atoms. The van der Waals surface area contributed by atoms with Gasteiger partial charge in [-0.3, -0.25) is 0 Å². The second-order valence-electron chi connectivity index (χ2n) is 7.41. The first-order valence-corrected chi connectivity index (χ1v) is 11.1. The minimum absolute atomic E-state index is 0.681. The van der Waals surface area contributed by atoms with E-state index in [-0.39, 0.29) is 0 Å². The average molecular weight is 478 g/mol. The van der Waals surface area contributed by atoms with E-state index in [0.717, 1.165) is 27.9 Å². The van der Waals surface area contributed by atoms with Gasteiger partial charge in [-0.15, -0.1) is 6.42 Å². The molecule has 0 aliphatic rings. The van der Waals surface area contributed by atoms with Crippen molar-refractivity contribution >= 4 is 11.6 Å². The van der Waals surface area contributed by atoms with E-state index >= 15 is 0 Å². The molecule has 0 atom stereocenters. The monoisotopic (exact) mass is 477 g/mol. The molecule has 35 heavy (non-hydrogen) atoms. The second kappa shape index (κ2) is 11.0. The zero-order chi connectivity index (χ0) is 24.6. The fraction of sp³-hybridized carbons (Fsp3) is 0.0690. The van der Waals surface area contributed by atoms with E-state index in [0.29, 0.717) is 27.9 Å². The highest BCUT2D eigenvalue weighted by Gasteiger charge is 2.13. The van der Waals surface area contributed by atoms with Gasteiger partial charge in [0, 0.05) is 22.3 Å². The van der Waals surface area contributed by atoms with Crippen molar-refractivity contribution in [2.24, 2.45) is 0 Å². The summed E-state index contributed by atoms with van der Waals surface area (Å²) in [4.78, 5) is 4.18. The standard InChI is InChI=1S/C17H11ClN2O.C12H9NO/c1-12-16(10-9-15-4-2-3-11-19-15)17(20-21-12)13-5-7-14(18)8-6-13;1-3-11-9(2)14-13-12(11)10-7-5-4-6-8-10/h2-8,11H,1H3;1,4-8H,2H3. The first-order chi connectivity index (χ1) is 17.1. The molecule has 5 nitrogen and oxygen atoms in total. The number of pyridine rings is 1. The summed E-state index contributed by atoms with van der Waals surface area (Å²) in [5, 5.41) is 8.71. The molecule has 5 rings (SSSR count). The van der Waals surface area contributed by atoms with Crippen molar-refractivity contribution in [3.05, 3.63) is 112 Å². The highest BCUT2D eigenvalue weighted by Crippen LogP contribution is 2.26. The second-order valence-corrected chi connectivity index (χ2v) is 7.84. The number of rotatable bonds is 2. The van der Waals surface area contributed by atoms with Crippen LogP contribution >= 0.6 is 11.6 Å². The largest absolute Gasteiger partial charge is 0.360 e. The number of halogens is 1. The Morgan fingerprint density at radius 1 is 0.714 bits per heavy atom. The molecule has 0 unspecified atom stereocenters. The topological polar surface area (TPSA) is 65.0 Å². The van der Waals surface area contributed by atoms with Crippen LogP contribution in [0.25, 0.3) is 22.5 Å². The third-order valence-electron chi connectivity index (χ3n) is 5.02. The molecule has 5 aromatic rings.